The van der Waals surface area contributed by atoms with E-state index in [4.69, 9.17) is 4.43 Å². The van der Waals surface area contributed by atoms with Crippen molar-refractivity contribution in [2.45, 2.75) is 78.1 Å². The van der Waals surface area contributed by atoms with Gasteiger partial charge in [-0.3, -0.25) is 4.79 Å². The van der Waals surface area contributed by atoms with Gasteiger partial charge in [-0.15, -0.1) is 0 Å². The Bertz CT molecular complexity index is 600. The molecule has 0 saturated carbocycles. The van der Waals surface area contributed by atoms with Gasteiger partial charge in [0.1, 0.15) is 5.78 Å². The van der Waals surface area contributed by atoms with Gasteiger partial charge in [0.25, 0.3) is 0 Å². The van der Waals surface area contributed by atoms with E-state index in [1.165, 1.54) is 0 Å². The van der Waals surface area contributed by atoms with Gasteiger partial charge in [-0.25, -0.2) is 0 Å². The Balaban J connectivity index is 2.76. The second-order valence-corrected chi connectivity index (χ2v) is 14.4. The van der Waals surface area contributed by atoms with E-state index in [0.717, 1.165) is 5.56 Å². The van der Waals surface area contributed by atoms with Crippen molar-refractivity contribution < 1.29 is 14.3 Å². The summed E-state index contributed by atoms with van der Waals surface area (Å²) in [5.74, 6) is -0.617. The second kappa shape index (κ2) is 11.1. The molecule has 0 aliphatic carbocycles. The summed E-state index contributed by atoms with van der Waals surface area (Å²) in [6.07, 6.45) is 2.78. The van der Waals surface area contributed by atoms with E-state index in [-0.39, 0.29) is 11.7 Å². The normalized spacial score (nSPS) is 16.1. The number of Topliss-reactive ketones (excluding diaryl/α,β-unsaturated/α-hetero) is 1. The van der Waals surface area contributed by atoms with Gasteiger partial charge < -0.3 is 9.53 Å². The maximum absolute atomic E-state index is 12.9. The maximum atomic E-state index is 12.9. The van der Waals surface area contributed by atoms with Gasteiger partial charge in [-0.1, -0.05) is 97.9 Å². The molecule has 28 heavy (non-hydrogen) atoms. The molecule has 3 atom stereocenters. The first kappa shape index (κ1) is 24.8. The molecule has 0 amide bonds. The summed E-state index contributed by atoms with van der Waals surface area (Å²) < 4.78 is 6.57. The first-order chi connectivity index (χ1) is 13.0. The van der Waals surface area contributed by atoms with Crippen LogP contribution in [0.25, 0.3) is 6.08 Å². The summed E-state index contributed by atoms with van der Waals surface area (Å²) in [7, 11) is -1.99. The average molecular weight is 405 g/mol. The molecule has 1 rings (SSSR count). The minimum Gasteiger partial charge on any atom is -0.415 e. The Morgan fingerprint density at radius 3 is 1.93 bits per heavy atom. The molecule has 3 nitrogen and oxygen atoms in total. The summed E-state index contributed by atoms with van der Waals surface area (Å²) in [5.41, 5.74) is 2.49. The van der Waals surface area contributed by atoms with E-state index in [1.807, 2.05) is 43.3 Å². The van der Waals surface area contributed by atoms with Crippen LogP contribution in [-0.4, -0.2) is 31.9 Å². The van der Waals surface area contributed by atoms with Crippen LogP contribution in [0.4, 0.5) is 0 Å². The lowest BCUT2D eigenvalue weighted by Gasteiger charge is -2.42. The van der Waals surface area contributed by atoms with E-state index < -0.39 is 20.3 Å². The molecule has 1 aromatic rings. The van der Waals surface area contributed by atoms with Crippen molar-refractivity contribution in [1.82, 2.24) is 0 Å². The molecule has 0 radical (unpaired) electrons. The van der Waals surface area contributed by atoms with Crippen molar-refractivity contribution in [1.29, 1.82) is 0 Å². The third-order valence-corrected chi connectivity index (χ3v) is 12.1. The zero-order chi connectivity index (χ0) is 21.5. The van der Waals surface area contributed by atoms with Gasteiger partial charge in [0, 0.05) is 18.4 Å². The molecule has 0 aromatic heterocycles. The van der Waals surface area contributed by atoms with Gasteiger partial charge >= 0.3 is 0 Å². The van der Waals surface area contributed by atoms with Crippen molar-refractivity contribution in [3.8, 4) is 0 Å². The third-order valence-electron chi connectivity index (χ3n) is 6.02. The van der Waals surface area contributed by atoms with Gasteiger partial charge in [-0.2, -0.15) is 0 Å². The molecular formula is C24H40O3Si. The smallest absolute Gasteiger partial charge is 0.200 e. The van der Waals surface area contributed by atoms with Crippen molar-refractivity contribution in [2.24, 2.45) is 11.8 Å². The number of ketones is 1. The van der Waals surface area contributed by atoms with Crippen LogP contribution >= 0.6 is 0 Å². The van der Waals surface area contributed by atoms with Crippen molar-refractivity contribution in [3.05, 3.63) is 42.0 Å². The molecule has 0 unspecified atom stereocenters. The van der Waals surface area contributed by atoms with E-state index >= 15 is 0 Å². The first-order valence-electron chi connectivity index (χ1n) is 10.6. The number of aliphatic hydroxyl groups excluding tert-OH is 1. The van der Waals surface area contributed by atoms with Gasteiger partial charge in [-0.05, 0) is 22.2 Å². The quantitative estimate of drug-likeness (QED) is 0.454. The Morgan fingerprint density at radius 1 is 0.964 bits per heavy atom. The molecule has 0 fully saturated rings. The summed E-state index contributed by atoms with van der Waals surface area (Å²) in [4.78, 5) is 12.9. The van der Waals surface area contributed by atoms with Crippen LogP contribution in [-0.2, 0) is 9.22 Å². The summed E-state index contributed by atoms with van der Waals surface area (Å²) in [6, 6.07) is 9.80. The zero-order valence-corrected chi connectivity index (χ0v) is 20.0. The fourth-order valence-corrected chi connectivity index (χ4v) is 9.95. The predicted molar refractivity (Wildman–Crippen MR) is 122 cm³/mol. The first-order valence-corrected chi connectivity index (χ1v) is 12.8. The largest absolute Gasteiger partial charge is 0.415 e. The number of carbonyl (C=O) groups excluding carboxylic acids is 1. The Labute approximate surface area is 173 Å². The third kappa shape index (κ3) is 6.13. The summed E-state index contributed by atoms with van der Waals surface area (Å²) >= 11 is 0. The number of carbonyl (C=O) groups is 1. The number of aliphatic hydroxyl groups is 1. The second-order valence-electron chi connectivity index (χ2n) is 8.98. The van der Waals surface area contributed by atoms with Gasteiger partial charge in [0.05, 0.1) is 6.10 Å². The number of benzene rings is 1. The molecule has 1 aromatic carbocycles. The van der Waals surface area contributed by atoms with Crippen LogP contribution in [0, 0.1) is 11.8 Å². The topological polar surface area (TPSA) is 46.5 Å². The number of hydrogen-bond donors (Lipinski definition) is 1. The van der Waals surface area contributed by atoms with Crippen molar-refractivity contribution in [2.75, 3.05) is 6.61 Å². The maximum Gasteiger partial charge on any atom is 0.200 e. The average Bonchev–Trinajstić information content (AvgIpc) is 2.65. The van der Waals surface area contributed by atoms with Crippen LogP contribution < -0.4 is 0 Å². The number of rotatable bonds is 11. The minimum atomic E-state index is -1.99. The van der Waals surface area contributed by atoms with Gasteiger partial charge in [0.15, 0.2) is 8.32 Å². The fraction of sp³-hybridized carbons (Fsp3) is 0.625. The summed E-state index contributed by atoms with van der Waals surface area (Å²) in [6.45, 7) is 17.7. The molecule has 158 valence electrons. The fourth-order valence-electron chi connectivity index (χ4n) is 4.41. The molecule has 0 spiro atoms. The highest BCUT2D eigenvalue weighted by Gasteiger charge is 2.45. The Morgan fingerprint density at radius 2 is 1.46 bits per heavy atom. The number of hydrogen-bond acceptors (Lipinski definition) is 3. The molecule has 0 aliphatic rings. The standard InChI is InChI=1S/C24H40O3Si/c1-17(2)28(18(3)4,19(5)6)27-16-20(7)24(26)21(8)23(25)15-14-22-12-10-9-11-13-22/h9-15,17-21,23,25H,16H2,1-8H3/b15-14+/t20-,21+,23-/m1/s1. The molecule has 4 heteroatoms. The minimum absolute atomic E-state index is 0.0596. The van der Waals surface area contributed by atoms with E-state index in [1.54, 1.807) is 13.0 Å². The Hall–Kier alpha value is -1.23. The van der Waals surface area contributed by atoms with Crippen LogP contribution in [0.1, 0.15) is 61.0 Å². The van der Waals surface area contributed by atoms with Crippen molar-refractivity contribution in [3.63, 3.8) is 0 Å². The summed E-state index contributed by atoms with van der Waals surface area (Å²) in [5, 5.41) is 10.5. The van der Waals surface area contributed by atoms with Crippen LogP contribution in [0.2, 0.25) is 16.6 Å². The SMILES string of the molecule is CC(C)[Si](OC[C@@H](C)C(=O)[C@@H](C)[C@H](O)/C=C/c1ccccc1)(C(C)C)C(C)C. The van der Waals surface area contributed by atoms with Gasteiger partial charge in [0.2, 0.25) is 0 Å². The zero-order valence-electron chi connectivity index (χ0n) is 19.0. The predicted octanol–water partition coefficient (Wildman–Crippen LogP) is 6.09. The molecule has 0 heterocycles. The highest BCUT2D eigenvalue weighted by Crippen LogP contribution is 2.42. The lowest BCUT2D eigenvalue weighted by molar-refractivity contribution is -0.129. The molecule has 1 N–H and O–H groups in total. The van der Waals surface area contributed by atoms with Crippen LogP contribution in [0.5, 0.6) is 0 Å². The lowest BCUT2D eigenvalue weighted by Crippen LogP contribution is -2.49. The molecule has 0 aliphatic heterocycles. The molecule has 0 saturated heterocycles. The van der Waals surface area contributed by atoms with Crippen LogP contribution in [0.15, 0.2) is 36.4 Å². The monoisotopic (exact) mass is 404 g/mol. The lowest BCUT2D eigenvalue weighted by atomic mass is 9.91. The molecular weight excluding hydrogens is 364 g/mol. The van der Waals surface area contributed by atoms with E-state index in [0.29, 0.717) is 23.2 Å². The van der Waals surface area contributed by atoms with E-state index in [9.17, 15) is 9.90 Å². The van der Waals surface area contributed by atoms with Crippen molar-refractivity contribution >= 4 is 20.2 Å². The molecule has 0 bridgehead atoms. The Kier molecular flexibility index (Phi) is 9.82. The van der Waals surface area contributed by atoms with E-state index in [2.05, 4.69) is 41.5 Å². The highest BCUT2D eigenvalue weighted by molar-refractivity contribution is 6.77. The highest BCUT2D eigenvalue weighted by atomic mass is 28.4. The van der Waals surface area contributed by atoms with Crippen LogP contribution in [0.3, 0.4) is 0 Å².